The largest absolute Gasteiger partial charge is 0.423 e. The number of halogens is 1. The maximum Gasteiger partial charge on any atom is 0.343 e. The van der Waals surface area contributed by atoms with Crippen LogP contribution in [-0.2, 0) is 4.79 Å². The molecule has 0 saturated carbocycles. The average molecular weight is 508 g/mol. The van der Waals surface area contributed by atoms with Gasteiger partial charge in [0.2, 0.25) is 5.91 Å². The van der Waals surface area contributed by atoms with Gasteiger partial charge in [-0.25, -0.2) is 10.2 Å². The van der Waals surface area contributed by atoms with Crippen molar-refractivity contribution < 1.29 is 19.1 Å². The van der Waals surface area contributed by atoms with Crippen LogP contribution in [0.15, 0.2) is 88.4 Å². The van der Waals surface area contributed by atoms with Gasteiger partial charge in [0.1, 0.15) is 5.75 Å². The molecule has 8 heteroatoms. The van der Waals surface area contributed by atoms with Gasteiger partial charge in [0.05, 0.1) is 17.3 Å². The number of esters is 1. The molecule has 3 aromatic rings. The minimum absolute atomic E-state index is 0.200. The molecule has 0 unspecified atom stereocenters. The highest BCUT2D eigenvalue weighted by atomic mass is 79.9. The van der Waals surface area contributed by atoms with Crippen LogP contribution >= 0.6 is 15.9 Å². The van der Waals surface area contributed by atoms with E-state index in [0.717, 1.165) is 0 Å². The summed E-state index contributed by atoms with van der Waals surface area (Å²) in [6, 6.07) is 22.6. The van der Waals surface area contributed by atoms with E-state index in [4.69, 9.17) is 4.74 Å². The van der Waals surface area contributed by atoms with E-state index in [0.29, 0.717) is 39.9 Å². The molecule has 0 aliphatic carbocycles. The normalized spacial score (nSPS) is 10.6. The van der Waals surface area contributed by atoms with Gasteiger partial charge in [-0.1, -0.05) is 42.5 Å². The van der Waals surface area contributed by atoms with Crippen LogP contribution in [-0.4, -0.2) is 30.5 Å². The van der Waals surface area contributed by atoms with Crippen LogP contribution in [0.2, 0.25) is 0 Å². The molecular weight excluding hydrogens is 486 g/mol. The minimum Gasteiger partial charge on any atom is -0.423 e. The van der Waals surface area contributed by atoms with Gasteiger partial charge in [0.25, 0.3) is 5.91 Å². The molecule has 33 heavy (non-hydrogen) atoms. The minimum atomic E-state index is -0.454. The van der Waals surface area contributed by atoms with Crippen molar-refractivity contribution in [3.63, 3.8) is 0 Å². The van der Waals surface area contributed by atoms with Crippen molar-refractivity contribution in [2.75, 3.05) is 6.54 Å². The number of amides is 2. The molecule has 0 aliphatic rings. The first-order valence-corrected chi connectivity index (χ1v) is 11.0. The number of ether oxygens (including phenoxy) is 1. The van der Waals surface area contributed by atoms with E-state index < -0.39 is 5.97 Å². The molecule has 0 aliphatic heterocycles. The molecule has 0 atom stereocenters. The third kappa shape index (κ3) is 7.69. The Morgan fingerprint density at radius 2 is 1.70 bits per heavy atom. The van der Waals surface area contributed by atoms with Gasteiger partial charge < -0.3 is 10.1 Å². The Kier molecular flexibility index (Phi) is 8.90. The highest BCUT2D eigenvalue weighted by molar-refractivity contribution is 9.10. The predicted molar refractivity (Wildman–Crippen MR) is 129 cm³/mol. The molecule has 0 bridgehead atoms. The number of hydrogen-bond acceptors (Lipinski definition) is 5. The Labute approximate surface area is 200 Å². The summed E-state index contributed by atoms with van der Waals surface area (Å²) in [6.45, 7) is 0.367. The van der Waals surface area contributed by atoms with Crippen LogP contribution in [0.25, 0.3) is 0 Å². The predicted octanol–water partition coefficient (Wildman–Crippen LogP) is 4.33. The summed E-state index contributed by atoms with van der Waals surface area (Å²) in [6.07, 6.45) is 2.15. The second-order valence-electron chi connectivity index (χ2n) is 6.96. The molecule has 3 aromatic carbocycles. The van der Waals surface area contributed by atoms with Crippen molar-refractivity contribution in [1.29, 1.82) is 0 Å². The van der Waals surface area contributed by atoms with E-state index in [1.807, 2.05) is 12.1 Å². The maximum atomic E-state index is 12.2. The van der Waals surface area contributed by atoms with Crippen LogP contribution < -0.4 is 15.5 Å². The van der Waals surface area contributed by atoms with Gasteiger partial charge >= 0.3 is 5.97 Å². The van der Waals surface area contributed by atoms with Crippen molar-refractivity contribution in [2.45, 2.75) is 12.8 Å². The maximum absolute atomic E-state index is 12.2. The van der Waals surface area contributed by atoms with E-state index >= 15 is 0 Å². The molecule has 0 aromatic heterocycles. The molecular formula is C25H22BrN3O4. The molecule has 2 amide bonds. The molecule has 168 valence electrons. The standard InChI is InChI=1S/C25H22BrN3O4/c26-22-13-5-4-12-21(22)24(31)27-15-7-14-23(30)29-28-17-18-8-6-11-20(16-18)33-25(32)19-9-2-1-3-10-19/h1-6,8-13,16-17H,7,14-15H2,(H,27,31)(H,29,30). The Bertz CT molecular complexity index is 1150. The van der Waals surface area contributed by atoms with Crippen molar-refractivity contribution in [3.8, 4) is 5.75 Å². The lowest BCUT2D eigenvalue weighted by Crippen LogP contribution is -2.26. The topological polar surface area (TPSA) is 96.9 Å². The summed E-state index contributed by atoms with van der Waals surface area (Å²) >= 11 is 3.34. The fourth-order valence-corrected chi connectivity index (χ4v) is 3.29. The fourth-order valence-electron chi connectivity index (χ4n) is 2.82. The van der Waals surface area contributed by atoms with Crippen LogP contribution in [0.3, 0.4) is 0 Å². The van der Waals surface area contributed by atoms with Crippen molar-refractivity contribution in [2.24, 2.45) is 5.10 Å². The lowest BCUT2D eigenvalue weighted by atomic mass is 10.2. The van der Waals surface area contributed by atoms with E-state index in [1.54, 1.807) is 66.7 Å². The summed E-state index contributed by atoms with van der Waals surface area (Å²) < 4.78 is 6.08. The van der Waals surface area contributed by atoms with Gasteiger partial charge in [-0.05, 0) is 64.3 Å². The van der Waals surface area contributed by atoms with Gasteiger partial charge in [0, 0.05) is 17.4 Å². The number of hydrogen-bond donors (Lipinski definition) is 2. The zero-order chi connectivity index (χ0) is 23.5. The Balaban J connectivity index is 1.40. The SMILES string of the molecule is O=C(CCCNC(=O)c1ccccc1Br)NN=Cc1cccc(OC(=O)c2ccccc2)c1. The lowest BCUT2D eigenvalue weighted by molar-refractivity contribution is -0.121. The van der Waals surface area contributed by atoms with Gasteiger partial charge in [-0.2, -0.15) is 5.10 Å². The van der Waals surface area contributed by atoms with E-state index in [2.05, 4.69) is 31.8 Å². The number of rotatable bonds is 9. The first kappa shape index (κ1) is 23.9. The number of nitrogens with zero attached hydrogens (tertiary/aromatic N) is 1. The fraction of sp³-hybridized carbons (Fsp3) is 0.120. The monoisotopic (exact) mass is 507 g/mol. The van der Waals surface area contributed by atoms with Crippen LogP contribution in [0.1, 0.15) is 39.1 Å². The Morgan fingerprint density at radius 1 is 0.939 bits per heavy atom. The smallest absolute Gasteiger partial charge is 0.343 e. The van der Waals surface area contributed by atoms with Gasteiger partial charge in [-0.15, -0.1) is 0 Å². The molecule has 0 spiro atoms. The van der Waals surface area contributed by atoms with Crippen molar-refractivity contribution in [3.05, 3.63) is 100 Å². The van der Waals surface area contributed by atoms with Gasteiger partial charge in [0.15, 0.2) is 0 Å². The van der Waals surface area contributed by atoms with E-state index in [9.17, 15) is 14.4 Å². The number of nitrogens with one attached hydrogen (secondary N) is 2. The second-order valence-corrected chi connectivity index (χ2v) is 7.81. The van der Waals surface area contributed by atoms with Crippen LogP contribution in [0.4, 0.5) is 0 Å². The van der Waals surface area contributed by atoms with Crippen molar-refractivity contribution >= 4 is 39.9 Å². The van der Waals surface area contributed by atoms with Crippen molar-refractivity contribution in [1.82, 2.24) is 10.7 Å². The molecule has 2 N–H and O–H groups in total. The van der Waals surface area contributed by atoms with Crippen LogP contribution in [0.5, 0.6) is 5.75 Å². The summed E-state index contributed by atoms with van der Waals surface area (Å²) in [5.74, 6) is -0.550. The van der Waals surface area contributed by atoms with E-state index in [-0.39, 0.29) is 18.2 Å². The highest BCUT2D eigenvalue weighted by Crippen LogP contribution is 2.16. The Morgan fingerprint density at radius 3 is 2.48 bits per heavy atom. The Hall–Kier alpha value is -3.78. The zero-order valence-corrected chi connectivity index (χ0v) is 19.2. The number of carbonyl (C=O) groups is 3. The molecule has 0 saturated heterocycles. The summed E-state index contributed by atoms with van der Waals surface area (Å²) in [5, 5.41) is 6.72. The number of hydrazone groups is 1. The molecule has 0 heterocycles. The zero-order valence-electron chi connectivity index (χ0n) is 17.7. The second kappa shape index (κ2) is 12.3. The molecule has 3 rings (SSSR count). The number of carbonyl (C=O) groups excluding carboxylic acids is 3. The molecule has 0 radical (unpaired) electrons. The summed E-state index contributed by atoms with van der Waals surface area (Å²) in [7, 11) is 0. The first-order valence-electron chi connectivity index (χ1n) is 10.2. The number of benzene rings is 3. The quantitative estimate of drug-likeness (QED) is 0.148. The lowest BCUT2D eigenvalue weighted by Gasteiger charge is -2.06. The highest BCUT2D eigenvalue weighted by Gasteiger charge is 2.09. The summed E-state index contributed by atoms with van der Waals surface area (Å²) in [5.41, 5.74) is 4.11. The van der Waals surface area contributed by atoms with E-state index in [1.165, 1.54) is 6.21 Å². The molecule has 7 nitrogen and oxygen atoms in total. The first-order chi connectivity index (χ1) is 16.0. The molecule has 0 fully saturated rings. The third-order valence-corrected chi connectivity index (χ3v) is 5.16. The average Bonchev–Trinajstić information content (AvgIpc) is 2.83. The summed E-state index contributed by atoms with van der Waals surface area (Å²) in [4.78, 5) is 36.2. The van der Waals surface area contributed by atoms with Crippen LogP contribution in [0, 0.1) is 0 Å². The third-order valence-electron chi connectivity index (χ3n) is 4.47. The van der Waals surface area contributed by atoms with Gasteiger partial charge in [-0.3, -0.25) is 9.59 Å².